The number of amides is 1. The number of hydrogen-bond acceptors (Lipinski definition) is 6. The van der Waals surface area contributed by atoms with E-state index in [4.69, 9.17) is 5.11 Å². The number of phenolic OH excluding ortho intramolecular Hbond substituents is 1. The lowest BCUT2D eigenvalue weighted by Crippen LogP contribution is -2.11. The highest BCUT2D eigenvalue weighted by Crippen LogP contribution is 2.25. The van der Waals surface area contributed by atoms with E-state index in [1.54, 1.807) is 0 Å². The first-order chi connectivity index (χ1) is 9.37. The fourth-order valence-electron chi connectivity index (χ4n) is 1.33. The highest BCUT2D eigenvalue weighted by atomic mass is 32.2. The van der Waals surface area contributed by atoms with E-state index in [0.717, 1.165) is 11.3 Å². The van der Waals surface area contributed by atoms with Gasteiger partial charge in [0.15, 0.2) is 9.34 Å². The highest BCUT2D eigenvalue weighted by molar-refractivity contribution is 7.94. The van der Waals surface area contributed by atoms with E-state index in [2.05, 4.69) is 15.0 Å². The van der Waals surface area contributed by atoms with Gasteiger partial charge in [0.05, 0.1) is 6.20 Å². The van der Waals surface area contributed by atoms with Crippen molar-refractivity contribution in [3.8, 4) is 5.75 Å². The van der Waals surface area contributed by atoms with Gasteiger partial charge in [0, 0.05) is 12.6 Å². The van der Waals surface area contributed by atoms with Crippen LogP contribution in [0.4, 0.5) is 10.8 Å². The highest BCUT2D eigenvalue weighted by Gasteiger charge is 2.18. The number of phenols is 1. The molecule has 0 saturated carbocycles. The van der Waals surface area contributed by atoms with Crippen molar-refractivity contribution in [2.75, 3.05) is 10.0 Å². The Bertz CT molecular complexity index is 722. The second-order valence-corrected chi connectivity index (χ2v) is 6.76. The molecule has 1 aromatic carbocycles. The molecule has 0 aliphatic heterocycles. The first-order valence-corrected chi connectivity index (χ1v) is 7.72. The second-order valence-electron chi connectivity index (χ2n) is 3.82. The number of thiazole rings is 1. The fourth-order valence-corrected chi connectivity index (χ4v) is 3.46. The van der Waals surface area contributed by atoms with E-state index < -0.39 is 10.0 Å². The van der Waals surface area contributed by atoms with Crippen LogP contribution in [0.2, 0.25) is 0 Å². The molecule has 2 aromatic rings. The Morgan fingerprint density at radius 2 is 1.95 bits per heavy atom. The molecular weight excluding hydrogens is 302 g/mol. The molecule has 0 fully saturated rings. The summed E-state index contributed by atoms with van der Waals surface area (Å²) in [5.74, 6) is -0.284. The van der Waals surface area contributed by atoms with Crippen LogP contribution in [-0.4, -0.2) is 24.4 Å². The fraction of sp³-hybridized carbons (Fsp3) is 0.0909. The number of rotatable bonds is 4. The molecule has 0 radical (unpaired) electrons. The maximum atomic E-state index is 12.1. The number of hydrogen-bond donors (Lipinski definition) is 3. The van der Waals surface area contributed by atoms with Crippen LogP contribution in [-0.2, 0) is 14.8 Å². The van der Waals surface area contributed by atoms with Crippen molar-refractivity contribution in [1.82, 2.24) is 4.98 Å². The largest absolute Gasteiger partial charge is 0.508 e. The van der Waals surface area contributed by atoms with Gasteiger partial charge in [-0.1, -0.05) is 11.3 Å². The molecule has 0 unspecified atom stereocenters. The van der Waals surface area contributed by atoms with Crippen molar-refractivity contribution in [2.24, 2.45) is 0 Å². The number of anilines is 2. The van der Waals surface area contributed by atoms with Crippen LogP contribution in [0.3, 0.4) is 0 Å². The van der Waals surface area contributed by atoms with Gasteiger partial charge in [-0.05, 0) is 24.3 Å². The zero-order chi connectivity index (χ0) is 14.8. The molecule has 20 heavy (non-hydrogen) atoms. The summed E-state index contributed by atoms with van der Waals surface area (Å²) >= 11 is 0.848. The molecule has 1 aromatic heterocycles. The first kappa shape index (κ1) is 14.3. The molecule has 1 amide bonds. The van der Waals surface area contributed by atoms with E-state index >= 15 is 0 Å². The Morgan fingerprint density at radius 1 is 1.30 bits per heavy atom. The van der Waals surface area contributed by atoms with E-state index in [0.29, 0.717) is 5.69 Å². The lowest BCUT2D eigenvalue weighted by molar-refractivity contribution is -0.114. The summed E-state index contributed by atoms with van der Waals surface area (Å²) in [6.07, 6.45) is 1.17. The third-order valence-electron chi connectivity index (χ3n) is 2.15. The predicted molar refractivity (Wildman–Crippen MR) is 75.3 cm³/mol. The summed E-state index contributed by atoms with van der Waals surface area (Å²) in [7, 11) is -3.77. The molecule has 0 aliphatic rings. The maximum Gasteiger partial charge on any atom is 0.273 e. The molecule has 0 bridgehead atoms. The van der Waals surface area contributed by atoms with E-state index in [9.17, 15) is 13.2 Å². The van der Waals surface area contributed by atoms with Gasteiger partial charge in [0.1, 0.15) is 5.75 Å². The number of nitrogens with zero attached hydrogens (tertiary/aromatic N) is 1. The minimum absolute atomic E-state index is 0.0191. The lowest BCUT2D eigenvalue weighted by atomic mass is 10.3. The number of nitrogens with one attached hydrogen (secondary N) is 2. The number of aromatic hydroxyl groups is 1. The summed E-state index contributed by atoms with van der Waals surface area (Å²) in [5, 5.41) is 11.8. The van der Waals surface area contributed by atoms with Gasteiger partial charge in [0.2, 0.25) is 5.91 Å². The summed E-state index contributed by atoms with van der Waals surface area (Å²) in [6.45, 7) is 1.31. The standard InChI is InChI=1S/C11H11N3O4S2/c1-7(15)13-11-12-6-10(19-11)20(17,18)14-8-2-4-9(16)5-3-8/h2-6,14,16H,1H3,(H,12,13,15). The van der Waals surface area contributed by atoms with Crippen LogP contribution >= 0.6 is 11.3 Å². The molecule has 9 heteroatoms. The zero-order valence-electron chi connectivity index (χ0n) is 10.3. The molecule has 2 rings (SSSR count). The monoisotopic (exact) mass is 313 g/mol. The van der Waals surface area contributed by atoms with Crippen molar-refractivity contribution in [2.45, 2.75) is 11.1 Å². The average molecular weight is 313 g/mol. The smallest absolute Gasteiger partial charge is 0.273 e. The summed E-state index contributed by atoms with van der Waals surface area (Å²) < 4.78 is 26.5. The van der Waals surface area contributed by atoms with Gasteiger partial charge in [-0.2, -0.15) is 0 Å². The van der Waals surface area contributed by atoms with Gasteiger partial charge in [-0.3, -0.25) is 9.52 Å². The first-order valence-electron chi connectivity index (χ1n) is 5.42. The SMILES string of the molecule is CC(=O)Nc1ncc(S(=O)(=O)Nc2ccc(O)cc2)s1. The third-order valence-corrected chi connectivity index (χ3v) is 4.91. The van der Waals surface area contributed by atoms with Gasteiger partial charge in [-0.25, -0.2) is 13.4 Å². The van der Waals surface area contributed by atoms with Crippen LogP contribution in [0.15, 0.2) is 34.7 Å². The van der Waals surface area contributed by atoms with Gasteiger partial charge in [-0.15, -0.1) is 0 Å². The quantitative estimate of drug-likeness (QED) is 0.743. The van der Waals surface area contributed by atoms with E-state index in [-0.39, 0.29) is 21.0 Å². The molecular formula is C11H11N3O4S2. The van der Waals surface area contributed by atoms with Crippen LogP contribution in [0.25, 0.3) is 0 Å². The number of sulfonamides is 1. The van der Waals surface area contributed by atoms with Gasteiger partial charge >= 0.3 is 0 Å². The Labute approximate surface area is 119 Å². The maximum absolute atomic E-state index is 12.1. The Morgan fingerprint density at radius 3 is 2.55 bits per heavy atom. The van der Waals surface area contributed by atoms with Crippen molar-refractivity contribution in [1.29, 1.82) is 0 Å². The molecule has 0 atom stereocenters. The van der Waals surface area contributed by atoms with Crippen LogP contribution in [0, 0.1) is 0 Å². The molecule has 106 valence electrons. The van der Waals surface area contributed by atoms with Crippen LogP contribution < -0.4 is 10.0 Å². The molecule has 7 nitrogen and oxygen atoms in total. The summed E-state index contributed by atoms with van der Waals surface area (Å²) in [6, 6.07) is 5.60. The average Bonchev–Trinajstić information content (AvgIpc) is 2.80. The summed E-state index contributed by atoms with van der Waals surface area (Å²) in [4.78, 5) is 14.7. The van der Waals surface area contributed by atoms with Crippen molar-refractivity contribution < 1.29 is 18.3 Å². The molecule has 0 saturated heterocycles. The van der Waals surface area contributed by atoms with Crippen molar-refractivity contribution in [3.05, 3.63) is 30.5 Å². The number of benzene rings is 1. The van der Waals surface area contributed by atoms with Crippen LogP contribution in [0.5, 0.6) is 5.75 Å². The Balaban J connectivity index is 2.19. The molecule has 1 heterocycles. The minimum atomic E-state index is -3.77. The predicted octanol–water partition coefficient (Wildman–Crippen LogP) is 1.61. The Kier molecular flexibility index (Phi) is 3.91. The van der Waals surface area contributed by atoms with Gasteiger partial charge in [0.25, 0.3) is 10.0 Å². The van der Waals surface area contributed by atoms with Gasteiger partial charge < -0.3 is 10.4 Å². The second kappa shape index (κ2) is 5.47. The topological polar surface area (TPSA) is 108 Å². The normalized spacial score (nSPS) is 11.1. The van der Waals surface area contributed by atoms with E-state index in [1.807, 2.05) is 0 Å². The van der Waals surface area contributed by atoms with Crippen LogP contribution in [0.1, 0.15) is 6.92 Å². The number of carbonyl (C=O) groups excluding carboxylic acids is 1. The molecule has 0 spiro atoms. The zero-order valence-corrected chi connectivity index (χ0v) is 12.0. The van der Waals surface area contributed by atoms with Crippen molar-refractivity contribution >= 4 is 38.1 Å². The lowest BCUT2D eigenvalue weighted by Gasteiger charge is -2.05. The summed E-state index contributed by atoms with van der Waals surface area (Å²) in [5.41, 5.74) is 0.317. The minimum Gasteiger partial charge on any atom is -0.508 e. The Hall–Kier alpha value is -2.13. The molecule has 0 aliphatic carbocycles. The molecule has 3 N–H and O–H groups in total. The van der Waals surface area contributed by atoms with E-state index in [1.165, 1.54) is 37.4 Å². The number of carbonyl (C=O) groups is 1. The number of aromatic nitrogens is 1. The van der Waals surface area contributed by atoms with Crippen molar-refractivity contribution in [3.63, 3.8) is 0 Å². The third kappa shape index (κ3) is 3.45.